The molecule has 0 amide bonds. The molecule has 0 spiro atoms. The van der Waals surface area contributed by atoms with E-state index < -0.39 is 12.1 Å². The van der Waals surface area contributed by atoms with Crippen LogP contribution in [0.15, 0.2) is 54.6 Å². The monoisotopic (exact) mass is 481 g/mol. The van der Waals surface area contributed by atoms with Gasteiger partial charge in [0.2, 0.25) is 0 Å². The molecule has 3 rings (SSSR count). The number of aryl methyl sites for hydroxylation is 2. The zero-order chi connectivity index (χ0) is 24.8. The molecule has 5 nitrogen and oxygen atoms in total. The van der Waals surface area contributed by atoms with Crippen LogP contribution in [0.25, 0.3) is 11.1 Å². The van der Waals surface area contributed by atoms with Crippen molar-refractivity contribution in [2.75, 3.05) is 19.7 Å². The third-order valence-corrected chi connectivity index (χ3v) is 6.03. The topological polar surface area (TPSA) is 78.8 Å². The summed E-state index contributed by atoms with van der Waals surface area (Å²) in [6.07, 6.45) is -0.635. The van der Waals surface area contributed by atoms with Crippen LogP contribution >= 0.6 is 11.6 Å². The predicted octanol–water partition coefficient (Wildman–Crippen LogP) is 6.15. The Balaban J connectivity index is 1.62. The molecule has 1 atom stereocenters. The highest BCUT2D eigenvalue weighted by atomic mass is 35.5. The molecule has 1 unspecified atom stereocenters. The first-order chi connectivity index (χ1) is 16.2. The quantitative estimate of drug-likeness (QED) is 0.303. The van der Waals surface area contributed by atoms with Crippen LogP contribution in [-0.2, 0) is 0 Å². The van der Waals surface area contributed by atoms with Gasteiger partial charge in [0.25, 0.3) is 0 Å². The minimum Gasteiger partial charge on any atom is -0.492 e. The molecule has 180 valence electrons. The number of halogens is 1. The van der Waals surface area contributed by atoms with Gasteiger partial charge in [0.05, 0.1) is 11.7 Å². The number of aliphatic hydroxyl groups is 1. The Morgan fingerprint density at radius 3 is 2.35 bits per heavy atom. The van der Waals surface area contributed by atoms with E-state index in [4.69, 9.17) is 16.3 Å². The second kappa shape index (κ2) is 11.5. The molecule has 0 aliphatic rings. The lowest BCUT2D eigenvalue weighted by molar-refractivity contribution is 0.0695. The van der Waals surface area contributed by atoms with Gasteiger partial charge in [0.15, 0.2) is 0 Å². The summed E-state index contributed by atoms with van der Waals surface area (Å²) in [5.41, 5.74) is 6.00. The number of hydrogen-bond acceptors (Lipinski definition) is 4. The molecule has 0 bridgehead atoms. The Kier molecular flexibility index (Phi) is 8.72. The predicted molar refractivity (Wildman–Crippen MR) is 137 cm³/mol. The second-order valence-corrected chi connectivity index (χ2v) is 9.26. The van der Waals surface area contributed by atoms with Crippen molar-refractivity contribution >= 4 is 17.6 Å². The molecular formula is C28H32ClNO4. The van der Waals surface area contributed by atoms with Gasteiger partial charge in [-0.2, -0.15) is 0 Å². The number of rotatable bonds is 10. The van der Waals surface area contributed by atoms with E-state index in [1.807, 2.05) is 52.0 Å². The van der Waals surface area contributed by atoms with Crippen molar-refractivity contribution in [3.63, 3.8) is 0 Å². The molecule has 34 heavy (non-hydrogen) atoms. The van der Waals surface area contributed by atoms with Gasteiger partial charge >= 0.3 is 5.97 Å². The van der Waals surface area contributed by atoms with Gasteiger partial charge in [-0.1, -0.05) is 49.7 Å². The van der Waals surface area contributed by atoms with Crippen molar-refractivity contribution in [1.29, 1.82) is 0 Å². The maximum absolute atomic E-state index is 11.6. The number of benzene rings is 3. The van der Waals surface area contributed by atoms with Crippen LogP contribution in [-0.4, -0.2) is 35.9 Å². The van der Waals surface area contributed by atoms with Gasteiger partial charge in [-0.3, -0.25) is 0 Å². The lowest BCUT2D eigenvalue weighted by Gasteiger charge is -2.17. The SMILES string of the molecule is Cc1cc(-c2ccc(C(=O)O)c(C(C)C)c2)cc(C)c1OCCNCC(O)c1cccc(Cl)c1. The van der Waals surface area contributed by atoms with Crippen molar-refractivity contribution in [2.24, 2.45) is 0 Å². The molecule has 3 aromatic carbocycles. The Morgan fingerprint density at radius 1 is 1.03 bits per heavy atom. The van der Waals surface area contributed by atoms with Gasteiger partial charge in [-0.25, -0.2) is 4.79 Å². The zero-order valence-corrected chi connectivity index (χ0v) is 20.8. The van der Waals surface area contributed by atoms with E-state index >= 15 is 0 Å². The molecule has 0 aliphatic heterocycles. The Hall–Kier alpha value is -2.86. The van der Waals surface area contributed by atoms with E-state index in [9.17, 15) is 15.0 Å². The smallest absolute Gasteiger partial charge is 0.335 e. The van der Waals surface area contributed by atoms with Crippen molar-refractivity contribution < 1.29 is 19.7 Å². The Labute approximate surface area is 206 Å². The maximum Gasteiger partial charge on any atom is 0.335 e. The fraction of sp³-hybridized carbons (Fsp3) is 0.321. The normalized spacial score (nSPS) is 12.1. The van der Waals surface area contributed by atoms with Crippen LogP contribution in [0.2, 0.25) is 5.02 Å². The summed E-state index contributed by atoms with van der Waals surface area (Å²) in [6, 6.07) is 16.9. The first-order valence-electron chi connectivity index (χ1n) is 11.4. The molecule has 0 radical (unpaired) electrons. The van der Waals surface area contributed by atoms with Gasteiger partial charge < -0.3 is 20.3 Å². The summed E-state index contributed by atoms with van der Waals surface area (Å²) in [5.74, 6) is 0.0491. The van der Waals surface area contributed by atoms with Crippen molar-refractivity contribution in [2.45, 2.75) is 39.7 Å². The number of aromatic carboxylic acids is 1. The molecule has 3 aromatic rings. The number of carbonyl (C=O) groups is 1. The summed E-state index contributed by atoms with van der Waals surface area (Å²) in [4.78, 5) is 11.6. The van der Waals surface area contributed by atoms with E-state index in [1.165, 1.54) is 0 Å². The largest absolute Gasteiger partial charge is 0.492 e. The second-order valence-electron chi connectivity index (χ2n) is 8.82. The summed E-state index contributed by atoms with van der Waals surface area (Å²) in [5, 5.41) is 23.6. The number of aliphatic hydroxyl groups excluding tert-OH is 1. The number of carboxylic acids is 1. The minimum atomic E-state index is -0.903. The third kappa shape index (κ3) is 6.38. The summed E-state index contributed by atoms with van der Waals surface area (Å²) < 4.78 is 6.03. The summed E-state index contributed by atoms with van der Waals surface area (Å²) >= 11 is 5.99. The van der Waals surface area contributed by atoms with Gasteiger partial charge in [-0.15, -0.1) is 0 Å². The van der Waals surface area contributed by atoms with E-state index in [1.54, 1.807) is 18.2 Å². The third-order valence-electron chi connectivity index (χ3n) is 5.79. The fourth-order valence-corrected chi connectivity index (χ4v) is 4.25. The van der Waals surface area contributed by atoms with E-state index in [0.717, 1.165) is 39.1 Å². The van der Waals surface area contributed by atoms with Gasteiger partial charge in [0, 0.05) is 18.1 Å². The van der Waals surface area contributed by atoms with Crippen LogP contribution in [0, 0.1) is 13.8 Å². The molecule has 0 heterocycles. The molecule has 0 saturated heterocycles. The molecule has 0 aromatic heterocycles. The maximum atomic E-state index is 11.6. The Bertz CT molecular complexity index is 1140. The molecular weight excluding hydrogens is 450 g/mol. The fourth-order valence-electron chi connectivity index (χ4n) is 4.06. The van der Waals surface area contributed by atoms with Crippen LogP contribution in [0.3, 0.4) is 0 Å². The van der Waals surface area contributed by atoms with Crippen LogP contribution in [0.5, 0.6) is 5.75 Å². The van der Waals surface area contributed by atoms with Crippen molar-refractivity contribution in [3.05, 3.63) is 87.4 Å². The lowest BCUT2D eigenvalue weighted by Crippen LogP contribution is -2.26. The van der Waals surface area contributed by atoms with Crippen LogP contribution < -0.4 is 10.1 Å². The highest BCUT2D eigenvalue weighted by Crippen LogP contribution is 2.32. The highest BCUT2D eigenvalue weighted by molar-refractivity contribution is 6.30. The van der Waals surface area contributed by atoms with Crippen molar-refractivity contribution in [1.82, 2.24) is 5.32 Å². The minimum absolute atomic E-state index is 0.112. The molecule has 0 fully saturated rings. The molecule has 6 heteroatoms. The number of carboxylic acid groups (broad SMARTS) is 1. The van der Waals surface area contributed by atoms with Gasteiger partial charge in [-0.05, 0) is 83.5 Å². The number of nitrogens with one attached hydrogen (secondary N) is 1. The van der Waals surface area contributed by atoms with Crippen LogP contribution in [0.4, 0.5) is 0 Å². The summed E-state index contributed by atoms with van der Waals surface area (Å²) in [6.45, 7) is 9.49. The number of ether oxygens (including phenoxy) is 1. The summed E-state index contributed by atoms with van der Waals surface area (Å²) in [7, 11) is 0. The molecule has 0 aliphatic carbocycles. The van der Waals surface area contributed by atoms with Crippen LogP contribution in [0.1, 0.15) is 58.5 Å². The first kappa shape index (κ1) is 25.8. The van der Waals surface area contributed by atoms with Gasteiger partial charge in [0.1, 0.15) is 12.4 Å². The average molecular weight is 482 g/mol. The van der Waals surface area contributed by atoms with E-state index in [0.29, 0.717) is 30.3 Å². The molecule has 3 N–H and O–H groups in total. The zero-order valence-electron chi connectivity index (χ0n) is 20.1. The molecule has 0 saturated carbocycles. The van der Waals surface area contributed by atoms with E-state index in [-0.39, 0.29) is 5.92 Å². The highest BCUT2D eigenvalue weighted by Gasteiger charge is 2.15. The first-order valence-corrected chi connectivity index (χ1v) is 11.8. The standard InChI is InChI=1S/C28H32ClNO4/c1-17(2)25-15-20(8-9-24(25)28(32)33)22-12-18(3)27(19(4)13-22)34-11-10-30-16-26(31)21-6-5-7-23(29)14-21/h5-9,12-15,17,26,30-31H,10-11,16H2,1-4H3,(H,32,33). The van der Waals surface area contributed by atoms with E-state index in [2.05, 4.69) is 17.4 Å². The lowest BCUT2D eigenvalue weighted by atomic mass is 9.91. The average Bonchev–Trinajstić information content (AvgIpc) is 2.79. The van der Waals surface area contributed by atoms with Crippen molar-refractivity contribution in [3.8, 4) is 16.9 Å². The Morgan fingerprint density at radius 2 is 1.74 bits per heavy atom. The number of hydrogen-bond donors (Lipinski definition) is 3.